The molecule has 1 fully saturated rings. The Morgan fingerprint density at radius 2 is 2.31 bits per heavy atom. The SMILES string of the molecule is CCCOc1cncc(C(NC)C2CC2)c1. The Labute approximate surface area is 97.2 Å². The highest BCUT2D eigenvalue weighted by Crippen LogP contribution is 2.41. The van der Waals surface area contributed by atoms with Crippen molar-refractivity contribution in [1.29, 1.82) is 0 Å². The second-order valence-electron chi connectivity index (χ2n) is 4.41. The third kappa shape index (κ3) is 2.73. The number of hydrogen-bond acceptors (Lipinski definition) is 3. The molecule has 1 aliphatic rings. The predicted octanol–water partition coefficient (Wildman–Crippen LogP) is 2.54. The number of rotatable bonds is 6. The summed E-state index contributed by atoms with van der Waals surface area (Å²) in [4.78, 5) is 4.25. The highest BCUT2D eigenvalue weighted by molar-refractivity contribution is 5.27. The van der Waals surface area contributed by atoms with Crippen LogP contribution in [0.5, 0.6) is 5.75 Å². The normalized spacial score (nSPS) is 17.1. The summed E-state index contributed by atoms with van der Waals surface area (Å²) in [6.45, 7) is 2.87. The largest absolute Gasteiger partial charge is 0.492 e. The number of hydrogen-bond donors (Lipinski definition) is 1. The first-order chi connectivity index (χ1) is 7.85. The topological polar surface area (TPSA) is 34.1 Å². The molecule has 0 bridgehead atoms. The number of ether oxygens (including phenoxy) is 1. The lowest BCUT2D eigenvalue weighted by atomic mass is 10.0. The van der Waals surface area contributed by atoms with Gasteiger partial charge in [-0.15, -0.1) is 0 Å². The van der Waals surface area contributed by atoms with Gasteiger partial charge in [-0.05, 0) is 43.9 Å². The minimum Gasteiger partial charge on any atom is -0.492 e. The molecule has 0 radical (unpaired) electrons. The zero-order chi connectivity index (χ0) is 11.4. The van der Waals surface area contributed by atoms with E-state index in [1.807, 2.05) is 13.2 Å². The second-order valence-corrected chi connectivity index (χ2v) is 4.41. The molecule has 16 heavy (non-hydrogen) atoms. The molecule has 0 saturated heterocycles. The van der Waals surface area contributed by atoms with Gasteiger partial charge in [-0.2, -0.15) is 0 Å². The lowest BCUT2D eigenvalue weighted by molar-refractivity contribution is 0.315. The molecule has 1 aromatic rings. The quantitative estimate of drug-likeness (QED) is 0.800. The molecule has 1 aromatic heterocycles. The van der Waals surface area contributed by atoms with Gasteiger partial charge >= 0.3 is 0 Å². The summed E-state index contributed by atoms with van der Waals surface area (Å²) >= 11 is 0. The molecule has 2 rings (SSSR count). The average Bonchev–Trinajstić information content (AvgIpc) is 3.12. The van der Waals surface area contributed by atoms with Gasteiger partial charge in [0.15, 0.2) is 0 Å². The molecule has 1 saturated carbocycles. The van der Waals surface area contributed by atoms with Crippen molar-refractivity contribution in [3.05, 3.63) is 24.0 Å². The van der Waals surface area contributed by atoms with E-state index in [1.165, 1.54) is 18.4 Å². The van der Waals surface area contributed by atoms with Crippen LogP contribution in [0, 0.1) is 5.92 Å². The zero-order valence-electron chi connectivity index (χ0n) is 10.1. The molecule has 1 N–H and O–H groups in total. The lowest BCUT2D eigenvalue weighted by Gasteiger charge is -2.16. The van der Waals surface area contributed by atoms with E-state index >= 15 is 0 Å². The van der Waals surface area contributed by atoms with Crippen molar-refractivity contribution in [2.24, 2.45) is 5.92 Å². The van der Waals surface area contributed by atoms with Crippen molar-refractivity contribution in [1.82, 2.24) is 10.3 Å². The Bertz CT molecular complexity index is 336. The highest BCUT2D eigenvalue weighted by Gasteiger charge is 2.31. The average molecular weight is 220 g/mol. The number of pyridine rings is 1. The van der Waals surface area contributed by atoms with E-state index in [0.29, 0.717) is 6.04 Å². The fourth-order valence-electron chi connectivity index (χ4n) is 2.01. The second kappa shape index (κ2) is 5.30. The van der Waals surface area contributed by atoms with Gasteiger partial charge in [-0.3, -0.25) is 4.98 Å². The molecular weight excluding hydrogens is 200 g/mol. The summed E-state index contributed by atoms with van der Waals surface area (Å²) in [7, 11) is 2.02. The van der Waals surface area contributed by atoms with Crippen LogP contribution >= 0.6 is 0 Å². The van der Waals surface area contributed by atoms with Crippen LogP contribution in [0.25, 0.3) is 0 Å². The van der Waals surface area contributed by atoms with Gasteiger partial charge in [0.05, 0.1) is 12.8 Å². The fraction of sp³-hybridized carbons (Fsp3) is 0.615. The molecule has 3 nitrogen and oxygen atoms in total. The standard InChI is InChI=1S/C13H20N2O/c1-3-6-16-12-7-11(8-15-9-12)13(14-2)10-4-5-10/h7-10,13-14H,3-6H2,1-2H3. The van der Waals surface area contributed by atoms with Gasteiger partial charge in [0.1, 0.15) is 5.75 Å². The Morgan fingerprint density at radius 1 is 1.50 bits per heavy atom. The molecule has 88 valence electrons. The van der Waals surface area contributed by atoms with Gasteiger partial charge < -0.3 is 10.1 Å². The molecule has 0 aromatic carbocycles. The van der Waals surface area contributed by atoms with E-state index in [2.05, 4.69) is 23.3 Å². The van der Waals surface area contributed by atoms with Gasteiger partial charge in [0.2, 0.25) is 0 Å². The van der Waals surface area contributed by atoms with Crippen molar-refractivity contribution in [2.45, 2.75) is 32.2 Å². The van der Waals surface area contributed by atoms with Crippen molar-refractivity contribution in [3.63, 3.8) is 0 Å². The first-order valence-corrected chi connectivity index (χ1v) is 6.10. The van der Waals surface area contributed by atoms with E-state index in [1.54, 1.807) is 6.20 Å². The van der Waals surface area contributed by atoms with Crippen LogP contribution in [0.3, 0.4) is 0 Å². The summed E-state index contributed by atoms with van der Waals surface area (Å²) in [6.07, 6.45) is 7.41. The van der Waals surface area contributed by atoms with Gasteiger partial charge in [0, 0.05) is 12.2 Å². The van der Waals surface area contributed by atoms with Gasteiger partial charge in [-0.25, -0.2) is 0 Å². The molecule has 0 aliphatic heterocycles. The van der Waals surface area contributed by atoms with Crippen LogP contribution in [0.15, 0.2) is 18.5 Å². The molecular formula is C13H20N2O. The predicted molar refractivity (Wildman–Crippen MR) is 64.5 cm³/mol. The number of aromatic nitrogens is 1. The van der Waals surface area contributed by atoms with E-state index in [9.17, 15) is 0 Å². The molecule has 3 heteroatoms. The highest BCUT2D eigenvalue weighted by atomic mass is 16.5. The van der Waals surface area contributed by atoms with E-state index in [4.69, 9.17) is 4.74 Å². The van der Waals surface area contributed by atoms with Crippen molar-refractivity contribution in [3.8, 4) is 5.75 Å². The maximum Gasteiger partial charge on any atom is 0.137 e. The summed E-state index contributed by atoms with van der Waals surface area (Å²) in [5, 5.41) is 3.37. The van der Waals surface area contributed by atoms with Crippen LogP contribution < -0.4 is 10.1 Å². The number of nitrogens with zero attached hydrogens (tertiary/aromatic N) is 1. The minimum absolute atomic E-state index is 0.442. The van der Waals surface area contributed by atoms with Crippen LogP contribution in [0.2, 0.25) is 0 Å². The fourth-order valence-corrected chi connectivity index (χ4v) is 2.01. The Hall–Kier alpha value is -1.09. The summed E-state index contributed by atoms with van der Waals surface area (Å²) < 4.78 is 5.60. The number of nitrogens with one attached hydrogen (secondary N) is 1. The summed E-state index contributed by atoms with van der Waals surface area (Å²) in [5.41, 5.74) is 1.25. The first kappa shape index (κ1) is 11.4. The molecule has 1 unspecified atom stereocenters. The third-order valence-corrected chi connectivity index (χ3v) is 2.97. The monoisotopic (exact) mass is 220 g/mol. The van der Waals surface area contributed by atoms with E-state index in [0.717, 1.165) is 24.7 Å². The molecule has 0 amide bonds. The molecule has 1 atom stereocenters. The maximum absolute atomic E-state index is 5.60. The molecule has 0 spiro atoms. The smallest absolute Gasteiger partial charge is 0.137 e. The van der Waals surface area contributed by atoms with Crippen LogP contribution in [0.4, 0.5) is 0 Å². The Balaban J connectivity index is 2.07. The molecule has 1 aliphatic carbocycles. The minimum atomic E-state index is 0.442. The molecule has 1 heterocycles. The van der Waals surface area contributed by atoms with Gasteiger partial charge in [0.25, 0.3) is 0 Å². The van der Waals surface area contributed by atoms with Crippen LogP contribution in [0.1, 0.15) is 37.8 Å². The first-order valence-electron chi connectivity index (χ1n) is 6.10. The zero-order valence-corrected chi connectivity index (χ0v) is 10.1. The van der Waals surface area contributed by atoms with Crippen molar-refractivity contribution >= 4 is 0 Å². The summed E-state index contributed by atoms with van der Waals surface area (Å²) in [6, 6.07) is 2.56. The third-order valence-electron chi connectivity index (χ3n) is 2.97. The van der Waals surface area contributed by atoms with Crippen molar-refractivity contribution < 1.29 is 4.74 Å². The summed E-state index contributed by atoms with van der Waals surface area (Å²) in [5.74, 6) is 1.67. The Kier molecular flexibility index (Phi) is 3.78. The van der Waals surface area contributed by atoms with Crippen LogP contribution in [-0.2, 0) is 0 Å². The lowest BCUT2D eigenvalue weighted by Crippen LogP contribution is -2.18. The maximum atomic E-state index is 5.60. The van der Waals surface area contributed by atoms with Gasteiger partial charge in [-0.1, -0.05) is 6.92 Å². The van der Waals surface area contributed by atoms with E-state index in [-0.39, 0.29) is 0 Å². The Morgan fingerprint density at radius 3 is 2.94 bits per heavy atom. The van der Waals surface area contributed by atoms with E-state index < -0.39 is 0 Å². The van der Waals surface area contributed by atoms with Crippen molar-refractivity contribution in [2.75, 3.05) is 13.7 Å². The van der Waals surface area contributed by atoms with Crippen LogP contribution in [-0.4, -0.2) is 18.6 Å².